The van der Waals surface area contributed by atoms with Crippen LogP contribution < -0.4 is 4.90 Å². The zero-order valence-corrected chi connectivity index (χ0v) is 13.6. The van der Waals surface area contributed by atoms with E-state index in [9.17, 15) is 9.59 Å². The molecule has 0 N–H and O–H groups in total. The molecule has 1 aromatic rings. The minimum Gasteiger partial charge on any atom is -0.291 e. The molecule has 1 aliphatic carbocycles. The first-order valence-corrected chi connectivity index (χ1v) is 8.52. The smallest absolute Gasteiger partial charge is 0.251 e. The van der Waals surface area contributed by atoms with Gasteiger partial charge in [-0.2, -0.15) is 0 Å². The van der Waals surface area contributed by atoms with Gasteiger partial charge in [0.2, 0.25) is 5.91 Å². The van der Waals surface area contributed by atoms with E-state index in [1.807, 2.05) is 0 Å². The van der Waals surface area contributed by atoms with Crippen LogP contribution in [0.2, 0.25) is 5.02 Å². The molecule has 2 fully saturated rings. The molecule has 3 atom stereocenters. The third kappa shape index (κ3) is 2.60. The van der Waals surface area contributed by atoms with E-state index in [4.69, 9.17) is 11.6 Å². The van der Waals surface area contributed by atoms with Crippen molar-refractivity contribution in [2.24, 2.45) is 11.8 Å². The van der Waals surface area contributed by atoms with Crippen LogP contribution in [0, 0.1) is 11.8 Å². The second-order valence-electron chi connectivity index (χ2n) is 6.68. The van der Waals surface area contributed by atoms with Crippen LogP contribution in [0.25, 0.3) is 0 Å². The van der Waals surface area contributed by atoms with Gasteiger partial charge < -0.3 is 0 Å². The summed E-state index contributed by atoms with van der Waals surface area (Å²) in [6.45, 7) is 1.85. The maximum Gasteiger partial charge on any atom is 0.251 e. The number of imide groups is 1. The molecule has 5 heteroatoms. The van der Waals surface area contributed by atoms with Crippen LogP contribution in [0.3, 0.4) is 0 Å². The lowest BCUT2D eigenvalue weighted by molar-refractivity contribution is -0.122. The number of benzene rings is 1. The fourth-order valence-corrected chi connectivity index (χ4v) is 4.19. The van der Waals surface area contributed by atoms with Crippen molar-refractivity contribution in [3.63, 3.8) is 0 Å². The number of amides is 2. The second kappa shape index (κ2) is 5.77. The highest BCUT2D eigenvalue weighted by molar-refractivity contribution is 6.30. The Morgan fingerprint density at radius 1 is 0.957 bits per heavy atom. The molecule has 2 saturated heterocycles. The van der Waals surface area contributed by atoms with Gasteiger partial charge >= 0.3 is 0 Å². The Morgan fingerprint density at radius 3 is 2.17 bits per heavy atom. The summed E-state index contributed by atoms with van der Waals surface area (Å²) in [6, 6.07) is 6.58. The van der Waals surface area contributed by atoms with Gasteiger partial charge in [0.05, 0.1) is 18.2 Å². The highest BCUT2D eigenvalue weighted by Crippen LogP contribution is 2.36. The van der Waals surface area contributed by atoms with Crippen molar-refractivity contribution >= 4 is 29.1 Å². The molecule has 2 amide bonds. The maximum absolute atomic E-state index is 12.8. The minimum absolute atomic E-state index is 0.0936. The molecule has 0 saturated carbocycles. The first-order chi connectivity index (χ1) is 11.1. The molecular formula is C18H19ClN2O2. The number of rotatable bonds is 2. The van der Waals surface area contributed by atoms with Gasteiger partial charge in [0, 0.05) is 18.1 Å². The quantitative estimate of drug-likeness (QED) is 0.618. The van der Waals surface area contributed by atoms with Crippen LogP contribution in [0.1, 0.15) is 19.3 Å². The Hall–Kier alpha value is -1.65. The molecule has 0 bridgehead atoms. The zero-order valence-electron chi connectivity index (χ0n) is 12.8. The van der Waals surface area contributed by atoms with Gasteiger partial charge in [-0.05, 0) is 48.9 Å². The predicted molar refractivity (Wildman–Crippen MR) is 89.3 cm³/mol. The van der Waals surface area contributed by atoms with Crippen molar-refractivity contribution in [1.29, 1.82) is 0 Å². The normalized spacial score (nSPS) is 31.0. The molecule has 0 unspecified atom stereocenters. The van der Waals surface area contributed by atoms with Gasteiger partial charge in [-0.25, -0.2) is 4.90 Å². The fourth-order valence-electron chi connectivity index (χ4n) is 4.07. The minimum atomic E-state index is -0.302. The van der Waals surface area contributed by atoms with Crippen molar-refractivity contribution in [3.8, 4) is 0 Å². The topological polar surface area (TPSA) is 40.6 Å². The Balaban J connectivity index is 1.53. The van der Waals surface area contributed by atoms with Gasteiger partial charge in [0.15, 0.2) is 0 Å². The number of carbonyl (C=O) groups is 2. The van der Waals surface area contributed by atoms with E-state index in [2.05, 4.69) is 17.1 Å². The molecule has 120 valence electrons. The summed E-state index contributed by atoms with van der Waals surface area (Å²) >= 11 is 5.89. The zero-order chi connectivity index (χ0) is 16.0. The Bertz CT molecular complexity index is 654. The Labute approximate surface area is 140 Å². The third-order valence-corrected chi connectivity index (χ3v) is 5.55. The summed E-state index contributed by atoms with van der Waals surface area (Å²) in [5.41, 5.74) is 0.616. The van der Waals surface area contributed by atoms with Crippen molar-refractivity contribution in [2.75, 3.05) is 18.0 Å². The lowest BCUT2D eigenvalue weighted by Crippen LogP contribution is -2.41. The number of carbonyl (C=O) groups excluding carboxylic acids is 2. The molecule has 1 aromatic carbocycles. The number of fused-ring (bicyclic) bond motifs is 1. The first-order valence-electron chi connectivity index (χ1n) is 8.15. The molecule has 0 radical (unpaired) electrons. The summed E-state index contributed by atoms with van der Waals surface area (Å²) in [7, 11) is 0. The molecule has 3 aliphatic rings. The van der Waals surface area contributed by atoms with E-state index >= 15 is 0 Å². The van der Waals surface area contributed by atoms with Gasteiger partial charge in [-0.3, -0.25) is 14.5 Å². The van der Waals surface area contributed by atoms with E-state index in [0.29, 0.717) is 22.5 Å². The van der Waals surface area contributed by atoms with Gasteiger partial charge in [0.25, 0.3) is 5.91 Å². The molecule has 4 nitrogen and oxygen atoms in total. The van der Waals surface area contributed by atoms with Crippen LogP contribution in [0.15, 0.2) is 36.4 Å². The molecule has 0 spiro atoms. The fraction of sp³-hybridized carbons (Fsp3) is 0.444. The number of allylic oxidation sites excluding steroid dienone is 2. The van der Waals surface area contributed by atoms with E-state index in [1.165, 1.54) is 4.90 Å². The molecule has 2 heterocycles. The van der Waals surface area contributed by atoms with Crippen LogP contribution in [0.4, 0.5) is 5.69 Å². The predicted octanol–water partition coefficient (Wildman–Crippen LogP) is 2.87. The Kier molecular flexibility index (Phi) is 3.74. The Morgan fingerprint density at radius 2 is 1.57 bits per heavy atom. The molecular weight excluding hydrogens is 312 g/mol. The maximum atomic E-state index is 12.8. The van der Waals surface area contributed by atoms with Crippen molar-refractivity contribution in [3.05, 3.63) is 41.4 Å². The summed E-state index contributed by atoms with van der Waals surface area (Å²) in [4.78, 5) is 28.7. The van der Waals surface area contributed by atoms with Gasteiger partial charge in [-0.15, -0.1) is 0 Å². The monoisotopic (exact) mass is 330 g/mol. The van der Waals surface area contributed by atoms with E-state index in [-0.39, 0.29) is 24.3 Å². The van der Waals surface area contributed by atoms with Crippen LogP contribution in [-0.4, -0.2) is 35.8 Å². The largest absolute Gasteiger partial charge is 0.291 e. The average molecular weight is 331 g/mol. The molecule has 0 aromatic heterocycles. The summed E-state index contributed by atoms with van der Waals surface area (Å²) in [6.07, 6.45) is 6.96. The van der Waals surface area contributed by atoms with Crippen molar-refractivity contribution < 1.29 is 9.59 Å². The van der Waals surface area contributed by atoms with Crippen LogP contribution >= 0.6 is 11.6 Å². The number of hydrogen-bond acceptors (Lipinski definition) is 3. The van der Waals surface area contributed by atoms with E-state index < -0.39 is 0 Å². The van der Waals surface area contributed by atoms with Gasteiger partial charge in [-0.1, -0.05) is 23.8 Å². The summed E-state index contributed by atoms with van der Waals surface area (Å²) in [5.74, 6) is 1.05. The highest BCUT2D eigenvalue weighted by Gasteiger charge is 2.46. The number of hydrogen-bond donors (Lipinski definition) is 0. The molecule has 23 heavy (non-hydrogen) atoms. The lowest BCUT2D eigenvalue weighted by atomic mass is 9.86. The number of nitrogens with zero attached hydrogens (tertiary/aromatic N) is 2. The third-order valence-electron chi connectivity index (χ3n) is 5.30. The standard InChI is InChI=1S/C18H19ClN2O2/c19-14-5-7-15(8-6-14)21-17(22)9-16(18(21)23)20-10-12-3-1-2-4-13(12)11-20/h1-2,5-8,12-13,16H,3-4,9-11H2/t12-,13+,16-/m0/s1. The van der Waals surface area contributed by atoms with Crippen LogP contribution in [0.5, 0.6) is 0 Å². The van der Waals surface area contributed by atoms with Crippen molar-refractivity contribution in [2.45, 2.75) is 25.3 Å². The lowest BCUT2D eigenvalue weighted by Gasteiger charge is -2.22. The van der Waals surface area contributed by atoms with E-state index in [1.54, 1.807) is 24.3 Å². The highest BCUT2D eigenvalue weighted by atomic mass is 35.5. The van der Waals surface area contributed by atoms with Gasteiger partial charge in [0.1, 0.15) is 0 Å². The van der Waals surface area contributed by atoms with E-state index in [0.717, 1.165) is 25.9 Å². The summed E-state index contributed by atoms with van der Waals surface area (Å²) in [5, 5.41) is 0.598. The van der Waals surface area contributed by atoms with Crippen LogP contribution in [-0.2, 0) is 9.59 Å². The number of likely N-dealkylation sites (tertiary alicyclic amines) is 1. The number of anilines is 1. The molecule has 2 aliphatic heterocycles. The molecule has 4 rings (SSSR count). The van der Waals surface area contributed by atoms with Crippen molar-refractivity contribution in [1.82, 2.24) is 4.90 Å². The average Bonchev–Trinajstić information content (AvgIpc) is 3.09. The second-order valence-corrected chi connectivity index (χ2v) is 7.12. The number of halogens is 1. The SMILES string of the molecule is O=C1C[C@H](N2C[C@H]3CC=CC[C@H]3C2)C(=O)N1c1ccc(Cl)cc1. The summed E-state index contributed by atoms with van der Waals surface area (Å²) < 4.78 is 0. The first kappa shape index (κ1) is 14.9.